The SMILES string of the molecule is C=C1C(=O)O[C@H]2/C=C(/C)[C@H](O)C[C@H]3O[C@@]3(C)C[C@@H](OC(=O)/C(C)=C/C)[C@@H]12. The van der Waals surface area contributed by atoms with Crippen LogP contribution < -0.4 is 0 Å². The normalized spacial score (nSPS) is 42.1. The molecule has 0 radical (unpaired) electrons. The van der Waals surface area contributed by atoms with Crippen LogP contribution in [-0.2, 0) is 23.8 Å². The van der Waals surface area contributed by atoms with Crippen molar-refractivity contribution >= 4 is 11.9 Å². The maximum absolute atomic E-state index is 12.4. The molecule has 3 aliphatic rings. The Labute approximate surface area is 153 Å². The summed E-state index contributed by atoms with van der Waals surface area (Å²) in [6, 6.07) is 0. The van der Waals surface area contributed by atoms with E-state index in [1.54, 1.807) is 32.9 Å². The quantitative estimate of drug-likeness (QED) is 0.351. The molecule has 6 atom stereocenters. The van der Waals surface area contributed by atoms with Crippen molar-refractivity contribution in [3.63, 3.8) is 0 Å². The van der Waals surface area contributed by atoms with E-state index in [0.717, 1.165) is 0 Å². The number of aliphatic hydroxyl groups excluding tert-OH is 1. The third-order valence-corrected chi connectivity index (χ3v) is 5.71. The number of fused-ring (bicyclic) bond motifs is 2. The summed E-state index contributed by atoms with van der Waals surface area (Å²) in [7, 11) is 0. The zero-order valence-corrected chi connectivity index (χ0v) is 15.7. The van der Waals surface area contributed by atoms with Crippen LogP contribution in [0.2, 0.25) is 0 Å². The lowest BCUT2D eigenvalue weighted by Gasteiger charge is -2.29. The molecule has 2 heterocycles. The Morgan fingerprint density at radius 3 is 2.85 bits per heavy atom. The van der Waals surface area contributed by atoms with Crippen molar-refractivity contribution in [1.29, 1.82) is 0 Å². The summed E-state index contributed by atoms with van der Waals surface area (Å²) in [5, 5.41) is 10.4. The van der Waals surface area contributed by atoms with Gasteiger partial charge < -0.3 is 19.3 Å². The third-order valence-electron chi connectivity index (χ3n) is 5.71. The molecule has 0 saturated carbocycles. The van der Waals surface area contributed by atoms with Gasteiger partial charge in [0, 0.05) is 24.0 Å². The Hall–Kier alpha value is -1.92. The van der Waals surface area contributed by atoms with Gasteiger partial charge in [-0.2, -0.15) is 0 Å². The average Bonchev–Trinajstić information content (AvgIpc) is 3.11. The zero-order valence-electron chi connectivity index (χ0n) is 15.7. The van der Waals surface area contributed by atoms with Crippen molar-refractivity contribution in [2.75, 3.05) is 0 Å². The standard InChI is InChI=1S/C20H26O6/c1-6-10(2)18(22)25-15-9-20(5)16(26-20)8-13(21)11(3)7-14-17(15)12(4)19(23)24-14/h6-7,13-17,21H,4,8-9H2,1-3,5H3/b10-6+,11-7-/t13-,14+,15-,16-,17+,20+/m1/s1. The molecular formula is C20H26O6. The number of hydrogen-bond donors (Lipinski definition) is 1. The van der Waals surface area contributed by atoms with Gasteiger partial charge in [-0.15, -0.1) is 0 Å². The Balaban J connectivity index is 1.98. The minimum atomic E-state index is -0.667. The summed E-state index contributed by atoms with van der Waals surface area (Å²) in [5.41, 5.74) is 0.974. The molecule has 6 heteroatoms. The van der Waals surface area contributed by atoms with Gasteiger partial charge in [0.1, 0.15) is 12.2 Å². The molecule has 1 aliphatic carbocycles. The first-order valence-corrected chi connectivity index (χ1v) is 8.94. The summed E-state index contributed by atoms with van der Waals surface area (Å²) in [4.78, 5) is 24.5. The van der Waals surface area contributed by atoms with Crippen LogP contribution in [0.3, 0.4) is 0 Å². The molecule has 2 fully saturated rings. The van der Waals surface area contributed by atoms with Crippen LogP contribution in [0, 0.1) is 5.92 Å². The van der Waals surface area contributed by atoms with Gasteiger partial charge in [-0.1, -0.05) is 12.7 Å². The second kappa shape index (κ2) is 6.67. The second-order valence-electron chi connectivity index (χ2n) is 7.62. The van der Waals surface area contributed by atoms with Gasteiger partial charge in [-0.05, 0) is 39.3 Å². The van der Waals surface area contributed by atoms with Crippen LogP contribution in [-0.4, -0.2) is 47.1 Å². The molecule has 3 rings (SSSR count). The minimum absolute atomic E-state index is 0.118. The van der Waals surface area contributed by atoms with Crippen LogP contribution in [0.5, 0.6) is 0 Å². The number of aliphatic hydroxyl groups is 1. The van der Waals surface area contributed by atoms with Crippen LogP contribution in [0.25, 0.3) is 0 Å². The highest BCUT2D eigenvalue weighted by atomic mass is 16.6. The largest absolute Gasteiger partial charge is 0.458 e. The lowest BCUT2D eigenvalue weighted by molar-refractivity contribution is -0.148. The number of rotatable bonds is 2. The lowest BCUT2D eigenvalue weighted by Crippen LogP contribution is -2.37. The predicted octanol–water partition coefficient (Wildman–Crippen LogP) is 2.22. The third kappa shape index (κ3) is 3.35. The maximum Gasteiger partial charge on any atom is 0.334 e. The first kappa shape index (κ1) is 18.9. The molecule has 142 valence electrons. The highest BCUT2D eigenvalue weighted by molar-refractivity contribution is 5.92. The molecule has 0 aromatic rings. The van der Waals surface area contributed by atoms with E-state index in [9.17, 15) is 14.7 Å². The summed E-state index contributed by atoms with van der Waals surface area (Å²) in [6.45, 7) is 11.0. The highest BCUT2D eigenvalue weighted by Crippen LogP contribution is 2.47. The Kier molecular flexibility index (Phi) is 4.84. The van der Waals surface area contributed by atoms with E-state index in [1.807, 2.05) is 6.92 Å². The van der Waals surface area contributed by atoms with E-state index in [-0.39, 0.29) is 11.7 Å². The minimum Gasteiger partial charge on any atom is -0.458 e. The van der Waals surface area contributed by atoms with E-state index >= 15 is 0 Å². The summed E-state index contributed by atoms with van der Waals surface area (Å²) >= 11 is 0. The maximum atomic E-state index is 12.4. The molecule has 0 bridgehead atoms. The Morgan fingerprint density at radius 1 is 1.50 bits per heavy atom. The fraction of sp³-hybridized carbons (Fsp3) is 0.600. The molecule has 0 aromatic carbocycles. The van der Waals surface area contributed by atoms with Gasteiger partial charge in [-0.3, -0.25) is 0 Å². The van der Waals surface area contributed by atoms with Crippen LogP contribution in [0.1, 0.15) is 40.5 Å². The van der Waals surface area contributed by atoms with Crippen molar-refractivity contribution in [1.82, 2.24) is 0 Å². The van der Waals surface area contributed by atoms with Crippen molar-refractivity contribution in [3.05, 3.63) is 35.5 Å². The van der Waals surface area contributed by atoms with Gasteiger partial charge in [0.25, 0.3) is 0 Å². The first-order chi connectivity index (χ1) is 12.2. The van der Waals surface area contributed by atoms with Crippen LogP contribution in [0.15, 0.2) is 35.5 Å². The molecule has 6 nitrogen and oxygen atoms in total. The number of ether oxygens (including phenoxy) is 3. The fourth-order valence-corrected chi connectivity index (χ4v) is 3.70. The van der Waals surface area contributed by atoms with E-state index in [2.05, 4.69) is 6.58 Å². The Bertz CT molecular complexity index is 705. The van der Waals surface area contributed by atoms with E-state index < -0.39 is 41.8 Å². The zero-order chi connectivity index (χ0) is 19.2. The fourth-order valence-electron chi connectivity index (χ4n) is 3.70. The first-order valence-electron chi connectivity index (χ1n) is 8.94. The summed E-state index contributed by atoms with van der Waals surface area (Å²) < 4.78 is 17.0. The number of carbonyl (C=O) groups excluding carboxylic acids is 2. The number of allylic oxidation sites excluding steroid dienone is 1. The van der Waals surface area contributed by atoms with E-state index in [0.29, 0.717) is 24.0 Å². The summed E-state index contributed by atoms with van der Waals surface area (Å²) in [6.07, 6.45) is 2.29. The monoisotopic (exact) mass is 362 g/mol. The van der Waals surface area contributed by atoms with Gasteiger partial charge in [0.15, 0.2) is 0 Å². The molecule has 1 N–H and O–H groups in total. The van der Waals surface area contributed by atoms with Gasteiger partial charge in [0.2, 0.25) is 0 Å². The molecule has 0 unspecified atom stereocenters. The van der Waals surface area contributed by atoms with Gasteiger partial charge in [-0.25, -0.2) is 9.59 Å². The number of carbonyl (C=O) groups is 2. The number of hydrogen-bond acceptors (Lipinski definition) is 6. The average molecular weight is 362 g/mol. The summed E-state index contributed by atoms with van der Waals surface area (Å²) in [5.74, 6) is -1.43. The molecular weight excluding hydrogens is 336 g/mol. The number of esters is 2. The van der Waals surface area contributed by atoms with E-state index in [1.165, 1.54) is 0 Å². The topological polar surface area (TPSA) is 85.4 Å². The molecule has 2 saturated heterocycles. The predicted molar refractivity (Wildman–Crippen MR) is 94.1 cm³/mol. The van der Waals surface area contributed by atoms with Crippen LogP contribution >= 0.6 is 0 Å². The van der Waals surface area contributed by atoms with Gasteiger partial charge in [0.05, 0.1) is 23.7 Å². The lowest BCUT2D eigenvalue weighted by atomic mass is 9.82. The second-order valence-corrected chi connectivity index (χ2v) is 7.62. The Morgan fingerprint density at radius 2 is 2.19 bits per heavy atom. The van der Waals surface area contributed by atoms with E-state index in [4.69, 9.17) is 14.2 Å². The van der Waals surface area contributed by atoms with Crippen molar-refractivity contribution in [2.45, 2.75) is 70.6 Å². The number of epoxide rings is 1. The molecule has 0 spiro atoms. The molecule has 2 aliphatic heterocycles. The smallest absolute Gasteiger partial charge is 0.334 e. The van der Waals surface area contributed by atoms with Gasteiger partial charge >= 0.3 is 11.9 Å². The molecule has 0 aromatic heterocycles. The van der Waals surface area contributed by atoms with Crippen molar-refractivity contribution in [2.24, 2.45) is 5.92 Å². The molecule has 0 amide bonds. The molecule has 26 heavy (non-hydrogen) atoms. The van der Waals surface area contributed by atoms with Crippen LogP contribution in [0.4, 0.5) is 0 Å². The van der Waals surface area contributed by atoms with Crippen molar-refractivity contribution < 1.29 is 28.9 Å². The highest BCUT2D eigenvalue weighted by Gasteiger charge is 2.57. The van der Waals surface area contributed by atoms with Crippen molar-refractivity contribution in [3.8, 4) is 0 Å².